The summed E-state index contributed by atoms with van der Waals surface area (Å²) in [4.78, 5) is 36.1. The molecule has 1 unspecified atom stereocenters. The number of nitrogens with zero attached hydrogens (tertiary/aromatic N) is 2. The normalized spacial score (nSPS) is 20.3. The fourth-order valence-corrected chi connectivity index (χ4v) is 2.52. The number of unbranched alkanes of at least 4 members (excludes halogenated alkanes) is 1. The molecule has 1 aromatic rings. The van der Waals surface area contributed by atoms with Gasteiger partial charge >= 0.3 is 6.03 Å². The number of nitro groups is 1. The van der Waals surface area contributed by atoms with Gasteiger partial charge in [0.25, 0.3) is 11.6 Å². The van der Waals surface area contributed by atoms with Crippen LogP contribution in [0.15, 0.2) is 24.3 Å². The number of non-ortho nitro benzene ring substituents is 1. The minimum atomic E-state index is -1.23. The summed E-state index contributed by atoms with van der Waals surface area (Å²) in [5.74, 6) is -0.388. The van der Waals surface area contributed by atoms with E-state index in [4.69, 9.17) is 4.74 Å². The van der Waals surface area contributed by atoms with Crippen LogP contribution in [0.5, 0.6) is 0 Å². The first kappa shape index (κ1) is 17.9. The highest BCUT2D eigenvalue weighted by Crippen LogP contribution is 2.29. The molecule has 8 heteroatoms. The van der Waals surface area contributed by atoms with E-state index >= 15 is 0 Å². The van der Waals surface area contributed by atoms with Crippen LogP contribution in [0, 0.1) is 10.1 Å². The van der Waals surface area contributed by atoms with E-state index in [0.717, 1.165) is 17.7 Å². The number of benzene rings is 1. The summed E-state index contributed by atoms with van der Waals surface area (Å²) < 4.78 is 5.40. The van der Waals surface area contributed by atoms with E-state index in [-0.39, 0.29) is 24.7 Å². The van der Waals surface area contributed by atoms with Crippen molar-refractivity contribution in [3.05, 3.63) is 39.9 Å². The summed E-state index contributed by atoms with van der Waals surface area (Å²) in [6, 6.07) is 5.11. The van der Waals surface area contributed by atoms with E-state index in [1.165, 1.54) is 24.3 Å². The Morgan fingerprint density at radius 1 is 1.25 bits per heavy atom. The number of nitrogens with one attached hydrogen (secondary N) is 1. The van der Waals surface area contributed by atoms with E-state index in [1.807, 2.05) is 0 Å². The van der Waals surface area contributed by atoms with Crippen LogP contribution in [0.1, 0.15) is 32.3 Å². The lowest BCUT2D eigenvalue weighted by atomic mass is 9.92. The second-order valence-electron chi connectivity index (χ2n) is 5.78. The lowest BCUT2D eigenvalue weighted by molar-refractivity contribution is -0.384. The summed E-state index contributed by atoms with van der Waals surface area (Å²) in [6.07, 6.45) is 1.95. The predicted molar refractivity (Wildman–Crippen MR) is 86.4 cm³/mol. The maximum atomic E-state index is 12.6. The van der Waals surface area contributed by atoms with Crippen LogP contribution < -0.4 is 5.32 Å². The molecule has 3 amide bonds. The van der Waals surface area contributed by atoms with Crippen molar-refractivity contribution in [2.75, 3.05) is 19.8 Å². The van der Waals surface area contributed by atoms with Crippen molar-refractivity contribution < 1.29 is 19.2 Å². The molecule has 1 aliphatic rings. The van der Waals surface area contributed by atoms with E-state index in [0.29, 0.717) is 12.2 Å². The minimum Gasteiger partial charge on any atom is -0.380 e. The lowest BCUT2D eigenvalue weighted by Gasteiger charge is -2.22. The first-order valence-corrected chi connectivity index (χ1v) is 7.87. The third-order valence-corrected chi connectivity index (χ3v) is 4.03. The van der Waals surface area contributed by atoms with Crippen LogP contribution in [0.25, 0.3) is 0 Å². The van der Waals surface area contributed by atoms with Crippen LogP contribution in [0.4, 0.5) is 10.5 Å². The Morgan fingerprint density at radius 3 is 2.50 bits per heavy atom. The molecule has 0 saturated carbocycles. The zero-order chi connectivity index (χ0) is 17.7. The monoisotopic (exact) mass is 335 g/mol. The fraction of sp³-hybridized carbons (Fsp3) is 0.500. The first-order chi connectivity index (χ1) is 11.4. The second kappa shape index (κ2) is 7.39. The van der Waals surface area contributed by atoms with Gasteiger partial charge in [-0.2, -0.15) is 0 Å². The van der Waals surface area contributed by atoms with Gasteiger partial charge in [-0.25, -0.2) is 4.79 Å². The number of carbonyl (C=O) groups excluding carboxylic acids is 2. The zero-order valence-electron chi connectivity index (χ0n) is 13.8. The molecule has 8 nitrogen and oxygen atoms in total. The largest absolute Gasteiger partial charge is 0.380 e. The van der Waals surface area contributed by atoms with E-state index < -0.39 is 16.5 Å². The topological polar surface area (TPSA) is 102 Å². The fourth-order valence-electron chi connectivity index (χ4n) is 2.52. The Bertz CT molecular complexity index is 631. The molecule has 2 rings (SSSR count). The van der Waals surface area contributed by atoms with Gasteiger partial charge in [0, 0.05) is 18.7 Å². The average molecular weight is 335 g/mol. The Morgan fingerprint density at radius 2 is 1.92 bits per heavy atom. The van der Waals surface area contributed by atoms with Gasteiger partial charge in [-0.1, -0.05) is 13.3 Å². The zero-order valence-corrected chi connectivity index (χ0v) is 13.8. The number of hydrogen-bond donors (Lipinski definition) is 1. The van der Waals surface area contributed by atoms with Crippen molar-refractivity contribution >= 4 is 17.6 Å². The molecule has 1 fully saturated rings. The van der Waals surface area contributed by atoms with Gasteiger partial charge in [0.1, 0.15) is 5.54 Å². The van der Waals surface area contributed by atoms with Crippen LogP contribution >= 0.6 is 0 Å². The third kappa shape index (κ3) is 3.53. The highest BCUT2D eigenvalue weighted by atomic mass is 16.6. The SMILES string of the molecule is CCCCOCCN1C(=O)NC(C)(c2ccc([N+](=O)[O-])cc2)C1=O. The molecule has 1 saturated heterocycles. The summed E-state index contributed by atoms with van der Waals surface area (Å²) in [7, 11) is 0. The number of ether oxygens (including phenoxy) is 1. The number of nitro benzene ring substituents is 1. The molecule has 1 atom stereocenters. The number of imide groups is 1. The maximum absolute atomic E-state index is 12.6. The molecule has 0 radical (unpaired) electrons. The van der Waals surface area contributed by atoms with Crippen molar-refractivity contribution in [2.45, 2.75) is 32.2 Å². The van der Waals surface area contributed by atoms with Crippen molar-refractivity contribution in [3.8, 4) is 0 Å². The number of carbonyl (C=O) groups is 2. The van der Waals surface area contributed by atoms with Gasteiger partial charge in [0.05, 0.1) is 18.1 Å². The van der Waals surface area contributed by atoms with Gasteiger partial charge in [-0.15, -0.1) is 0 Å². The van der Waals surface area contributed by atoms with Gasteiger partial charge in [-0.05, 0) is 31.0 Å². The maximum Gasteiger partial charge on any atom is 0.325 e. The molecule has 0 spiro atoms. The molecule has 130 valence electrons. The highest BCUT2D eigenvalue weighted by Gasteiger charge is 2.48. The number of amides is 3. The lowest BCUT2D eigenvalue weighted by Crippen LogP contribution is -2.41. The molecule has 1 heterocycles. The molecule has 1 N–H and O–H groups in total. The predicted octanol–water partition coefficient (Wildman–Crippen LogP) is 2.18. The summed E-state index contributed by atoms with van der Waals surface area (Å²) >= 11 is 0. The van der Waals surface area contributed by atoms with Crippen molar-refractivity contribution in [2.24, 2.45) is 0 Å². The molecule has 0 aromatic heterocycles. The first-order valence-electron chi connectivity index (χ1n) is 7.87. The Balaban J connectivity index is 2.06. The third-order valence-electron chi connectivity index (χ3n) is 4.03. The molecular formula is C16H21N3O5. The molecule has 0 bridgehead atoms. The minimum absolute atomic E-state index is 0.0692. The molecule has 1 aromatic carbocycles. The van der Waals surface area contributed by atoms with Crippen LogP contribution in [-0.2, 0) is 15.1 Å². The van der Waals surface area contributed by atoms with Crippen LogP contribution in [-0.4, -0.2) is 41.5 Å². The van der Waals surface area contributed by atoms with Crippen LogP contribution in [0.3, 0.4) is 0 Å². The number of urea groups is 1. The van der Waals surface area contributed by atoms with Gasteiger partial charge in [0.15, 0.2) is 0 Å². The smallest absolute Gasteiger partial charge is 0.325 e. The Kier molecular flexibility index (Phi) is 5.50. The second-order valence-corrected chi connectivity index (χ2v) is 5.78. The van der Waals surface area contributed by atoms with Gasteiger partial charge in [-0.3, -0.25) is 19.8 Å². The van der Waals surface area contributed by atoms with Gasteiger partial charge in [0.2, 0.25) is 0 Å². The summed E-state index contributed by atoms with van der Waals surface area (Å²) in [5.41, 5.74) is -0.795. The van der Waals surface area contributed by atoms with Crippen molar-refractivity contribution in [3.63, 3.8) is 0 Å². The molecule has 24 heavy (non-hydrogen) atoms. The number of hydrogen-bond acceptors (Lipinski definition) is 5. The van der Waals surface area contributed by atoms with E-state index in [2.05, 4.69) is 12.2 Å². The number of rotatable bonds is 8. The Hall–Kier alpha value is -2.48. The average Bonchev–Trinajstić information content (AvgIpc) is 2.78. The molecule has 0 aliphatic carbocycles. The Labute approximate surface area is 139 Å². The quantitative estimate of drug-likeness (QED) is 0.339. The van der Waals surface area contributed by atoms with Crippen LogP contribution in [0.2, 0.25) is 0 Å². The van der Waals surface area contributed by atoms with Gasteiger partial charge < -0.3 is 10.1 Å². The summed E-state index contributed by atoms with van der Waals surface area (Å²) in [5, 5.41) is 13.4. The van der Waals surface area contributed by atoms with Crippen molar-refractivity contribution in [1.29, 1.82) is 0 Å². The highest BCUT2D eigenvalue weighted by molar-refractivity contribution is 6.07. The van der Waals surface area contributed by atoms with E-state index in [9.17, 15) is 19.7 Å². The van der Waals surface area contributed by atoms with Crippen molar-refractivity contribution in [1.82, 2.24) is 10.2 Å². The molecule has 1 aliphatic heterocycles. The summed E-state index contributed by atoms with van der Waals surface area (Å²) in [6.45, 7) is 4.70. The molecular weight excluding hydrogens is 314 g/mol. The standard InChI is InChI=1S/C16H21N3O5/c1-3-4-10-24-11-9-18-14(20)16(2,17-15(18)21)12-5-7-13(8-6-12)19(22)23/h5-8H,3-4,9-11H2,1-2H3,(H,17,21). The van der Waals surface area contributed by atoms with E-state index in [1.54, 1.807) is 6.92 Å².